The molecule has 1 unspecified atom stereocenters. The van der Waals surface area contributed by atoms with Gasteiger partial charge in [-0.05, 0) is 19.4 Å². The van der Waals surface area contributed by atoms with Gasteiger partial charge in [0.2, 0.25) is 0 Å². The highest BCUT2D eigenvalue weighted by Gasteiger charge is 2.19. The van der Waals surface area contributed by atoms with Crippen molar-refractivity contribution in [3.05, 3.63) is 35.4 Å². The smallest absolute Gasteiger partial charge is 0.314 e. The first-order chi connectivity index (χ1) is 7.19. The first-order valence-corrected chi connectivity index (χ1v) is 5.12. The number of hydrogen-bond donors (Lipinski definition) is 1. The Morgan fingerprint density at radius 3 is 2.38 bits per heavy atom. The summed E-state index contributed by atoms with van der Waals surface area (Å²) in [5, 5.41) is 0. The van der Waals surface area contributed by atoms with Crippen LogP contribution in [0.25, 0.3) is 0 Å². The van der Waals surface area contributed by atoms with E-state index in [4.69, 9.17) is 10.5 Å². The van der Waals surface area contributed by atoms with Crippen molar-refractivity contribution in [1.82, 2.24) is 0 Å². The average Bonchev–Trinajstić information content (AvgIpc) is 2.22. The van der Waals surface area contributed by atoms with Crippen LogP contribution in [-0.2, 0) is 9.53 Å². The van der Waals surface area contributed by atoms with Gasteiger partial charge in [-0.1, -0.05) is 29.8 Å². The van der Waals surface area contributed by atoms with E-state index in [-0.39, 0.29) is 30.8 Å². The summed E-state index contributed by atoms with van der Waals surface area (Å²) in [6.45, 7) is 4.47. The first kappa shape index (κ1) is 14.9. The fourth-order valence-corrected chi connectivity index (χ4v) is 1.41. The predicted molar refractivity (Wildman–Crippen MR) is 66.9 cm³/mol. The maximum absolute atomic E-state index is 11.6. The van der Waals surface area contributed by atoms with E-state index in [2.05, 4.69) is 0 Å². The lowest BCUT2D eigenvalue weighted by atomic mass is 9.98. The zero-order chi connectivity index (χ0) is 11.3. The van der Waals surface area contributed by atoms with Crippen LogP contribution in [-0.4, -0.2) is 19.1 Å². The van der Waals surface area contributed by atoms with Crippen LogP contribution in [0, 0.1) is 6.92 Å². The molecule has 0 fully saturated rings. The highest BCUT2D eigenvalue weighted by Crippen LogP contribution is 2.16. The van der Waals surface area contributed by atoms with Crippen LogP contribution in [0.1, 0.15) is 24.0 Å². The van der Waals surface area contributed by atoms with Crippen LogP contribution in [0.2, 0.25) is 0 Å². The van der Waals surface area contributed by atoms with Gasteiger partial charge in [-0.15, -0.1) is 12.4 Å². The molecule has 0 aromatic heterocycles. The summed E-state index contributed by atoms with van der Waals surface area (Å²) in [4.78, 5) is 11.6. The van der Waals surface area contributed by atoms with Crippen LogP contribution in [0.5, 0.6) is 0 Å². The minimum Gasteiger partial charge on any atom is -0.465 e. The third-order valence-electron chi connectivity index (χ3n) is 2.29. The number of nitrogens with two attached hydrogens (primary N) is 1. The number of rotatable bonds is 4. The van der Waals surface area contributed by atoms with Crippen molar-refractivity contribution >= 4 is 18.4 Å². The molecule has 0 spiro atoms. The second kappa shape index (κ2) is 7.25. The number of carbonyl (C=O) groups is 1. The number of carbonyl (C=O) groups excluding carboxylic acids is 1. The third-order valence-corrected chi connectivity index (χ3v) is 2.29. The Morgan fingerprint density at radius 1 is 1.38 bits per heavy atom. The monoisotopic (exact) mass is 243 g/mol. The molecule has 0 radical (unpaired) electrons. The van der Waals surface area contributed by atoms with E-state index in [9.17, 15) is 4.79 Å². The molecule has 1 aromatic rings. The molecule has 1 aromatic carbocycles. The Balaban J connectivity index is 0.00000225. The Morgan fingerprint density at radius 2 is 1.94 bits per heavy atom. The van der Waals surface area contributed by atoms with Gasteiger partial charge in [0.05, 0.1) is 12.5 Å². The zero-order valence-electron chi connectivity index (χ0n) is 9.60. The number of hydrogen-bond acceptors (Lipinski definition) is 3. The Hall–Kier alpha value is -1.06. The maximum Gasteiger partial charge on any atom is 0.314 e. The van der Waals surface area contributed by atoms with Gasteiger partial charge in [0, 0.05) is 6.54 Å². The second-order valence-electron chi connectivity index (χ2n) is 3.45. The summed E-state index contributed by atoms with van der Waals surface area (Å²) in [5.41, 5.74) is 7.66. The minimum atomic E-state index is -0.342. The second-order valence-corrected chi connectivity index (χ2v) is 3.45. The van der Waals surface area contributed by atoms with Crippen molar-refractivity contribution < 1.29 is 9.53 Å². The number of esters is 1. The molecular formula is C12H18ClNO2. The largest absolute Gasteiger partial charge is 0.465 e. The van der Waals surface area contributed by atoms with Crippen molar-refractivity contribution in [2.24, 2.45) is 5.73 Å². The Bertz CT molecular complexity index is 324. The lowest BCUT2D eigenvalue weighted by molar-refractivity contribution is -0.144. The summed E-state index contributed by atoms with van der Waals surface area (Å²) in [5.74, 6) is -0.589. The predicted octanol–water partition coefficient (Wildman–Crippen LogP) is 2.02. The summed E-state index contributed by atoms with van der Waals surface area (Å²) in [7, 11) is 0. The van der Waals surface area contributed by atoms with Crippen LogP contribution < -0.4 is 5.73 Å². The Labute approximate surface area is 102 Å². The summed E-state index contributed by atoms with van der Waals surface area (Å²) in [6, 6.07) is 7.78. The van der Waals surface area contributed by atoms with Crippen molar-refractivity contribution in [2.75, 3.05) is 13.2 Å². The van der Waals surface area contributed by atoms with Gasteiger partial charge in [-0.25, -0.2) is 0 Å². The molecular weight excluding hydrogens is 226 g/mol. The molecule has 3 nitrogen and oxygen atoms in total. The van der Waals surface area contributed by atoms with Gasteiger partial charge < -0.3 is 10.5 Å². The van der Waals surface area contributed by atoms with Gasteiger partial charge in [-0.3, -0.25) is 4.79 Å². The number of aryl methyl sites for hydroxylation is 1. The molecule has 4 heteroatoms. The SMILES string of the molecule is CCOC(=O)C(CN)c1ccc(C)cc1.Cl. The Kier molecular flexibility index (Phi) is 6.77. The zero-order valence-corrected chi connectivity index (χ0v) is 10.4. The van der Waals surface area contributed by atoms with Crippen LogP contribution >= 0.6 is 12.4 Å². The quantitative estimate of drug-likeness (QED) is 0.824. The molecule has 0 aliphatic carbocycles. The summed E-state index contributed by atoms with van der Waals surface area (Å²) < 4.78 is 4.96. The number of benzene rings is 1. The molecule has 16 heavy (non-hydrogen) atoms. The van der Waals surface area contributed by atoms with Gasteiger partial charge in [0.15, 0.2) is 0 Å². The van der Waals surface area contributed by atoms with E-state index in [1.165, 1.54) is 5.56 Å². The standard InChI is InChI=1S/C12H17NO2.ClH/c1-3-15-12(14)11(8-13)10-6-4-9(2)5-7-10;/h4-7,11H,3,8,13H2,1-2H3;1H. The van der Waals surface area contributed by atoms with E-state index in [0.717, 1.165) is 5.56 Å². The highest BCUT2D eigenvalue weighted by atomic mass is 35.5. The van der Waals surface area contributed by atoms with Crippen molar-refractivity contribution in [1.29, 1.82) is 0 Å². The molecule has 0 saturated carbocycles. The van der Waals surface area contributed by atoms with E-state index >= 15 is 0 Å². The molecule has 0 saturated heterocycles. The van der Waals surface area contributed by atoms with E-state index in [1.54, 1.807) is 6.92 Å². The van der Waals surface area contributed by atoms with Gasteiger partial charge in [0.25, 0.3) is 0 Å². The van der Waals surface area contributed by atoms with Crippen molar-refractivity contribution in [3.8, 4) is 0 Å². The minimum absolute atomic E-state index is 0. The van der Waals surface area contributed by atoms with E-state index < -0.39 is 0 Å². The van der Waals surface area contributed by atoms with Crippen molar-refractivity contribution in [2.45, 2.75) is 19.8 Å². The van der Waals surface area contributed by atoms with Gasteiger partial charge in [-0.2, -0.15) is 0 Å². The molecule has 0 amide bonds. The molecule has 90 valence electrons. The van der Waals surface area contributed by atoms with Crippen LogP contribution in [0.4, 0.5) is 0 Å². The molecule has 0 aliphatic heterocycles. The average molecular weight is 244 g/mol. The summed E-state index contributed by atoms with van der Waals surface area (Å²) >= 11 is 0. The molecule has 1 rings (SSSR count). The van der Waals surface area contributed by atoms with Gasteiger partial charge >= 0.3 is 5.97 Å². The van der Waals surface area contributed by atoms with E-state index in [0.29, 0.717) is 6.61 Å². The first-order valence-electron chi connectivity index (χ1n) is 5.12. The highest BCUT2D eigenvalue weighted by molar-refractivity contribution is 5.85. The van der Waals surface area contributed by atoms with Crippen LogP contribution in [0.15, 0.2) is 24.3 Å². The van der Waals surface area contributed by atoms with Crippen molar-refractivity contribution in [3.63, 3.8) is 0 Å². The summed E-state index contributed by atoms with van der Waals surface area (Å²) in [6.07, 6.45) is 0. The third kappa shape index (κ3) is 3.83. The fourth-order valence-electron chi connectivity index (χ4n) is 1.41. The normalized spacial score (nSPS) is 11.4. The molecule has 0 bridgehead atoms. The fraction of sp³-hybridized carbons (Fsp3) is 0.417. The number of halogens is 1. The lowest BCUT2D eigenvalue weighted by Gasteiger charge is -2.13. The lowest BCUT2D eigenvalue weighted by Crippen LogP contribution is -2.23. The molecule has 0 heterocycles. The van der Waals surface area contributed by atoms with E-state index in [1.807, 2.05) is 31.2 Å². The topological polar surface area (TPSA) is 52.3 Å². The molecule has 1 atom stereocenters. The molecule has 2 N–H and O–H groups in total. The van der Waals surface area contributed by atoms with Crippen LogP contribution in [0.3, 0.4) is 0 Å². The molecule has 0 aliphatic rings. The number of ether oxygens (including phenoxy) is 1. The maximum atomic E-state index is 11.6. The van der Waals surface area contributed by atoms with Gasteiger partial charge in [0.1, 0.15) is 0 Å².